The van der Waals surface area contributed by atoms with Crippen molar-refractivity contribution in [2.75, 3.05) is 12.0 Å². The van der Waals surface area contributed by atoms with Gasteiger partial charge in [0.15, 0.2) is 9.84 Å². The Hall–Kier alpha value is -1.82. The van der Waals surface area contributed by atoms with Crippen molar-refractivity contribution < 1.29 is 12.9 Å². The average molecular weight is 294 g/mol. The maximum absolute atomic E-state index is 12.0. The third-order valence-electron chi connectivity index (χ3n) is 3.63. The molecule has 0 amide bonds. The summed E-state index contributed by atoms with van der Waals surface area (Å²) in [6.07, 6.45) is 1.18. The number of nitrogens with two attached hydrogens (primary N) is 1. The lowest BCUT2D eigenvalue weighted by atomic mass is 9.95. The molecule has 108 valence electrons. The molecule has 2 aromatic rings. The first-order valence-corrected chi connectivity index (χ1v) is 8.06. The van der Waals surface area contributed by atoms with Crippen LogP contribution in [0.15, 0.2) is 28.8 Å². The van der Waals surface area contributed by atoms with E-state index in [0.29, 0.717) is 11.3 Å². The van der Waals surface area contributed by atoms with Gasteiger partial charge in [-0.15, -0.1) is 0 Å². The van der Waals surface area contributed by atoms with Gasteiger partial charge in [0.25, 0.3) is 0 Å². The van der Waals surface area contributed by atoms with Crippen LogP contribution in [0.25, 0.3) is 11.1 Å². The second-order valence-corrected chi connectivity index (χ2v) is 7.93. The minimum absolute atomic E-state index is 0.131. The average Bonchev–Trinajstić information content (AvgIpc) is 2.71. The van der Waals surface area contributed by atoms with Crippen molar-refractivity contribution in [2.45, 2.75) is 25.5 Å². The van der Waals surface area contributed by atoms with Crippen molar-refractivity contribution in [1.29, 1.82) is 0 Å². The molecule has 0 atom stereocenters. The maximum atomic E-state index is 12.0. The van der Waals surface area contributed by atoms with E-state index in [2.05, 4.69) is 5.16 Å². The Kier molecular flexibility index (Phi) is 3.37. The molecule has 0 aliphatic carbocycles. The van der Waals surface area contributed by atoms with Gasteiger partial charge >= 0.3 is 0 Å². The van der Waals surface area contributed by atoms with Crippen molar-refractivity contribution in [1.82, 2.24) is 5.16 Å². The summed E-state index contributed by atoms with van der Waals surface area (Å²) in [5, 5.41) is 3.89. The SMILES string of the molecule is Cc1ccccc1-c1c(C(C)(C)S(C)(=O)=O)noc1N. The molecule has 20 heavy (non-hydrogen) atoms. The Morgan fingerprint density at radius 2 is 1.85 bits per heavy atom. The zero-order valence-electron chi connectivity index (χ0n) is 12.0. The molecule has 5 nitrogen and oxygen atoms in total. The van der Waals surface area contributed by atoms with Crippen LogP contribution >= 0.6 is 0 Å². The van der Waals surface area contributed by atoms with Gasteiger partial charge in [0.1, 0.15) is 10.4 Å². The van der Waals surface area contributed by atoms with Crippen LogP contribution in [0.4, 0.5) is 5.88 Å². The van der Waals surface area contributed by atoms with Gasteiger partial charge in [-0.1, -0.05) is 29.4 Å². The smallest absolute Gasteiger partial charge is 0.230 e. The maximum Gasteiger partial charge on any atom is 0.230 e. The Morgan fingerprint density at radius 3 is 2.40 bits per heavy atom. The molecule has 2 rings (SSSR count). The van der Waals surface area contributed by atoms with Gasteiger partial charge in [0.05, 0.1) is 5.56 Å². The molecule has 0 saturated heterocycles. The molecule has 0 fully saturated rings. The van der Waals surface area contributed by atoms with Crippen LogP contribution in [0.3, 0.4) is 0 Å². The molecule has 1 aromatic carbocycles. The van der Waals surface area contributed by atoms with E-state index in [4.69, 9.17) is 10.3 Å². The number of aromatic nitrogens is 1. The van der Waals surface area contributed by atoms with Gasteiger partial charge in [-0.05, 0) is 31.9 Å². The topological polar surface area (TPSA) is 86.2 Å². The van der Waals surface area contributed by atoms with E-state index in [0.717, 1.165) is 11.1 Å². The van der Waals surface area contributed by atoms with Crippen molar-refractivity contribution in [3.8, 4) is 11.1 Å². The number of sulfone groups is 1. The van der Waals surface area contributed by atoms with Gasteiger partial charge in [-0.2, -0.15) is 0 Å². The largest absolute Gasteiger partial charge is 0.367 e. The molecule has 0 spiro atoms. The van der Waals surface area contributed by atoms with E-state index in [1.165, 1.54) is 6.26 Å². The minimum Gasteiger partial charge on any atom is -0.367 e. The second kappa shape index (κ2) is 4.63. The van der Waals surface area contributed by atoms with Crippen LogP contribution in [0.1, 0.15) is 25.1 Å². The number of nitrogen functional groups attached to an aromatic ring is 1. The standard InChI is InChI=1S/C14H18N2O3S/c1-9-7-5-6-8-10(9)11-12(16-19-13(11)15)14(2,3)20(4,17)18/h5-8H,15H2,1-4H3. The van der Waals surface area contributed by atoms with E-state index in [1.807, 2.05) is 31.2 Å². The fourth-order valence-corrected chi connectivity index (χ4v) is 2.49. The van der Waals surface area contributed by atoms with Crippen LogP contribution in [-0.4, -0.2) is 19.8 Å². The highest BCUT2D eigenvalue weighted by molar-refractivity contribution is 7.91. The highest BCUT2D eigenvalue weighted by Crippen LogP contribution is 2.40. The summed E-state index contributed by atoms with van der Waals surface area (Å²) < 4.78 is 27.9. The van der Waals surface area contributed by atoms with Crippen LogP contribution in [-0.2, 0) is 14.6 Å². The number of benzene rings is 1. The van der Waals surface area contributed by atoms with Crippen LogP contribution < -0.4 is 5.73 Å². The molecule has 1 aromatic heterocycles. The van der Waals surface area contributed by atoms with E-state index >= 15 is 0 Å². The highest BCUT2D eigenvalue weighted by atomic mass is 32.2. The zero-order valence-corrected chi connectivity index (χ0v) is 12.8. The summed E-state index contributed by atoms with van der Waals surface area (Å²) >= 11 is 0. The molecule has 1 heterocycles. The molecule has 6 heteroatoms. The van der Waals surface area contributed by atoms with Crippen LogP contribution in [0, 0.1) is 6.92 Å². The van der Waals surface area contributed by atoms with Gasteiger partial charge in [0.2, 0.25) is 5.88 Å². The third kappa shape index (κ3) is 2.20. The van der Waals surface area contributed by atoms with E-state index in [9.17, 15) is 8.42 Å². The van der Waals surface area contributed by atoms with Gasteiger partial charge in [0, 0.05) is 6.26 Å². The minimum atomic E-state index is -3.36. The fourth-order valence-electron chi connectivity index (χ4n) is 2.00. The number of hydrogen-bond donors (Lipinski definition) is 1. The lowest BCUT2D eigenvalue weighted by Crippen LogP contribution is -2.29. The number of anilines is 1. The Morgan fingerprint density at radius 1 is 1.25 bits per heavy atom. The fraction of sp³-hybridized carbons (Fsp3) is 0.357. The molecule has 0 bridgehead atoms. The molecule has 2 N–H and O–H groups in total. The zero-order chi connectivity index (χ0) is 15.1. The first-order valence-electron chi connectivity index (χ1n) is 6.17. The van der Waals surface area contributed by atoms with E-state index < -0.39 is 14.6 Å². The quantitative estimate of drug-likeness (QED) is 0.940. The molecule has 0 aliphatic heterocycles. The van der Waals surface area contributed by atoms with Gasteiger partial charge < -0.3 is 10.3 Å². The normalized spacial score (nSPS) is 12.6. The van der Waals surface area contributed by atoms with Crippen molar-refractivity contribution in [3.05, 3.63) is 35.5 Å². The number of rotatable bonds is 3. The number of aryl methyl sites for hydroxylation is 1. The van der Waals surface area contributed by atoms with E-state index in [1.54, 1.807) is 13.8 Å². The highest BCUT2D eigenvalue weighted by Gasteiger charge is 2.39. The number of nitrogens with zero attached hydrogens (tertiary/aromatic N) is 1. The van der Waals surface area contributed by atoms with Crippen LogP contribution in [0.5, 0.6) is 0 Å². The molecular weight excluding hydrogens is 276 g/mol. The van der Waals surface area contributed by atoms with Crippen molar-refractivity contribution in [2.24, 2.45) is 0 Å². The first-order chi connectivity index (χ1) is 9.16. The molecule has 0 saturated carbocycles. The summed E-state index contributed by atoms with van der Waals surface area (Å²) in [5.41, 5.74) is 8.56. The number of hydrogen-bond acceptors (Lipinski definition) is 5. The third-order valence-corrected chi connectivity index (χ3v) is 5.68. The van der Waals surface area contributed by atoms with Gasteiger partial charge in [-0.3, -0.25) is 0 Å². The predicted octanol–water partition coefficient (Wildman–Crippen LogP) is 2.51. The van der Waals surface area contributed by atoms with Crippen molar-refractivity contribution in [3.63, 3.8) is 0 Å². The second-order valence-electron chi connectivity index (χ2n) is 5.37. The summed E-state index contributed by atoms with van der Waals surface area (Å²) in [7, 11) is -3.36. The summed E-state index contributed by atoms with van der Waals surface area (Å²) in [6.45, 7) is 5.13. The van der Waals surface area contributed by atoms with Crippen LogP contribution in [0.2, 0.25) is 0 Å². The van der Waals surface area contributed by atoms with Crippen molar-refractivity contribution >= 4 is 15.7 Å². The Balaban J connectivity index is 2.75. The summed E-state index contributed by atoms with van der Waals surface area (Å²) in [5.74, 6) is 0.131. The van der Waals surface area contributed by atoms with Gasteiger partial charge in [-0.25, -0.2) is 8.42 Å². The monoisotopic (exact) mass is 294 g/mol. The predicted molar refractivity (Wildman–Crippen MR) is 79.0 cm³/mol. The first kappa shape index (κ1) is 14.6. The van der Waals surface area contributed by atoms with E-state index in [-0.39, 0.29) is 5.88 Å². The summed E-state index contributed by atoms with van der Waals surface area (Å²) in [6, 6.07) is 7.58. The molecule has 0 unspecified atom stereocenters. The molecular formula is C14H18N2O3S. The molecule has 0 aliphatic rings. The Bertz CT molecular complexity index is 746. The lowest BCUT2D eigenvalue weighted by Gasteiger charge is -2.21. The lowest BCUT2D eigenvalue weighted by molar-refractivity contribution is 0.417. The molecule has 0 radical (unpaired) electrons. The Labute approximate surface area is 118 Å². The summed E-state index contributed by atoms with van der Waals surface area (Å²) in [4.78, 5) is 0.